The van der Waals surface area contributed by atoms with E-state index in [4.69, 9.17) is 5.26 Å². The summed E-state index contributed by atoms with van der Waals surface area (Å²) in [7, 11) is 0. The lowest BCUT2D eigenvalue weighted by molar-refractivity contribution is 0.133. The van der Waals surface area contributed by atoms with Gasteiger partial charge in [-0.25, -0.2) is 0 Å². The molecule has 1 rings (SSSR count). The molecule has 0 spiro atoms. The maximum absolute atomic E-state index is 9.76. The second-order valence-electron chi connectivity index (χ2n) is 3.00. The molecular weight excluding hydrogens is 162 g/mol. The fourth-order valence-corrected chi connectivity index (χ4v) is 1.27. The highest BCUT2D eigenvalue weighted by Gasteiger charge is 2.17. The Morgan fingerprint density at radius 1 is 1.38 bits per heavy atom. The van der Waals surface area contributed by atoms with Crippen molar-refractivity contribution in [3.63, 3.8) is 0 Å². The van der Waals surface area contributed by atoms with Crippen molar-refractivity contribution in [2.75, 3.05) is 0 Å². The topological polar surface area (TPSA) is 44.0 Å². The molecule has 0 saturated heterocycles. The Bertz CT molecular complexity index is 289. The number of nitrogens with zero attached hydrogens (tertiary/aromatic N) is 1. The monoisotopic (exact) mass is 175 g/mol. The standard InChI is InChI=1S/C11H13NO/c1-2-9(8-12)11(13)10-6-4-3-5-7-10/h3-7,9,11,13H,2H2,1H3/t9-,11+/m1/s1. The summed E-state index contributed by atoms with van der Waals surface area (Å²) in [4.78, 5) is 0. The molecule has 0 aliphatic heterocycles. The van der Waals surface area contributed by atoms with Gasteiger partial charge < -0.3 is 5.11 Å². The Labute approximate surface area is 78.4 Å². The number of nitriles is 1. The third-order valence-corrected chi connectivity index (χ3v) is 2.13. The average molecular weight is 175 g/mol. The van der Waals surface area contributed by atoms with Crippen LogP contribution in [0.1, 0.15) is 25.0 Å². The van der Waals surface area contributed by atoms with Crippen molar-refractivity contribution in [1.82, 2.24) is 0 Å². The summed E-state index contributed by atoms with van der Waals surface area (Å²) < 4.78 is 0. The number of benzene rings is 1. The summed E-state index contributed by atoms with van der Waals surface area (Å²) in [5.74, 6) is -0.303. The molecule has 0 aromatic heterocycles. The van der Waals surface area contributed by atoms with E-state index in [9.17, 15) is 5.11 Å². The van der Waals surface area contributed by atoms with Crippen LogP contribution in [0.5, 0.6) is 0 Å². The smallest absolute Gasteiger partial charge is 0.0948 e. The molecule has 0 fully saturated rings. The Morgan fingerprint density at radius 2 is 2.00 bits per heavy atom. The van der Waals surface area contributed by atoms with Crippen molar-refractivity contribution < 1.29 is 5.11 Å². The number of aliphatic hydroxyl groups excluding tert-OH is 1. The van der Waals surface area contributed by atoms with Crippen molar-refractivity contribution in [1.29, 1.82) is 5.26 Å². The number of hydrogen-bond acceptors (Lipinski definition) is 2. The van der Waals surface area contributed by atoms with Crippen LogP contribution in [0.4, 0.5) is 0 Å². The van der Waals surface area contributed by atoms with Gasteiger partial charge >= 0.3 is 0 Å². The van der Waals surface area contributed by atoms with Crippen LogP contribution in [0, 0.1) is 17.2 Å². The summed E-state index contributed by atoms with van der Waals surface area (Å²) in [6.45, 7) is 1.90. The summed E-state index contributed by atoms with van der Waals surface area (Å²) in [5.41, 5.74) is 0.816. The zero-order valence-electron chi connectivity index (χ0n) is 7.64. The molecule has 1 aromatic carbocycles. The highest BCUT2D eigenvalue weighted by molar-refractivity contribution is 5.19. The lowest BCUT2D eigenvalue weighted by Crippen LogP contribution is -2.09. The molecule has 68 valence electrons. The molecule has 2 atom stereocenters. The van der Waals surface area contributed by atoms with Gasteiger partial charge in [0.1, 0.15) is 0 Å². The Hall–Kier alpha value is -1.33. The fourth-order valence-electron chi connectivity index (χ4n) is 1.27. The summed E-state index contributed by atoms with van der Waals surface area (Å²) in [5, 5.41) is 18.5. The minimum absolute atomic E-state index is 0.303. The molecule has 0 unspecified atom stereocenters. The van der Waals surface area contributed by atoms with Gasteiger partial charge in [0, 0.05) is 0 Å². The highest BCUT2D eigenvalue weighted by Crippen LogP contribution is 2.23. The van der Waals surface area contributed by atoms with Crippen LogP contribution >= 0.6 is 0 Å². The molecule has 1 aromatic rings. The summed E-state index contributed by atoms with van der Waals surface area (Å²) >= 11 is 0. The van der Waals surface area contributed by atoms with Crippen LogP contribution < -0.4 is 0 Å². The summed E-state index contributed by atoms with van der Waals surface area (Å²) in [6.07, 6.45) is 0.0169. The highest BCUT2D eigenvalue weighted by atomic mass is 16.3. The Morgan fingerprint density at radius 3 is 2.46 bits per heavy atom. The van der Waals surface area contributed by atoms with Gasteiger partial charge in [0.05, 0.1) is 18.1 Å². The van der Waals surface area contributed by atoms with E-state index < -0.39 is 6.10 Å². The van der Waals surface area contributed by atoms with Crippen molar-refractivity contribution >= 4 is 0 Å². The molecule has 0 heterocycles. The van der Waals surface area contributed by atoms with E-state index in [1.54, 1.807) is 0 Å². The van der Waals surface area contributed by atoms with Crippen LogP contribution in [-0.4, -0.2) is 5.11 Å². The van der Waals surface area contributed by atoms with Crippen LogP contribution in [-0.2, 0) is 0 Å². The molecule has 0 aliphatic carbocycles. The van der Waals surface area contributed by atoms with Gasteiger partial charge in [0.15, 0.2) is 0 Å². The minimum Gasteiger partial charge on any atom is -0.387 e. The molecule has 0 bridgehead atoms. The zero-order chi connectivity index (χ0) is 9.68. The second-order valence-corrected chi connectivity index (χ2v) is 3.00. The van der Waals surface area contributed by atoms with Crippen molar-refractivity contribution in [3.8, 4) is 6.07 Å². The van der Waals surface area contributed by atoms with E-state index in [2.05, 4.69) is 6.07 Å². The Kier molecular flexibility index (Phi) is 3.48. The first-order valence-electron chi connectivity index (χ1n) is 4.42. The number of rotatable bonds is 3. The first kappa shape index (κ1) is 9.76. The van der Waals surface area contributed by atoms with Gasteiger partial charge in [0.2, 0.25) is 0 Å². The van der Waals surface area contributed by atoms with Crippen LogP contribution in [0.15, 0.2) is 30.3 Å². The summed E-state index contributed by atoms with van der Waals surface area (Å²) in [6, 6.07) is 11.4. The molecule has 1 N–H and O–H groups in total. The maximum atomic E-state index is 9.76. The minimum atomic E-state index is -0.656. The molecule has 0 radical (unpaired) electrons. The van der Waals surface area contributed by atoms with Gasteiger partial charge in [-0.1, -0.05) is 37.3 Å². The quantitative estimate of drug-likeness (QED) is 0.765. The Balaban J connectivity index is 2.79. The van der Waals surface area contributed by atoms with Crippen LogP contribution in [0.25, 0.3) is 0 Å². The number of hydrogen-bond donors (Lipinski definition) is 1. The third-order valence-electron chi connectivity index (χ3n) is 2.13. The van der Waals surface area contributed by atoms with Gasteiger partial charge in [-0.15, -0.1) is 0 Å². The van der Waals surface area contributed by atoms with E-state index in [0.717, 1.165) is 5.56 Å². The van der Waals surface area contributed by atoms with Crippen molar-refractivity contribution in [2.24, 2.45) is 5.92 Å². The fraction of sp³-hybridized carbons (Fsp3) is 0.364. The molecule has 0 saturated carbocycles. The average Bonchev–Trinajstić information content (AvgIpc) is 2.21. The van der Waals surface area contributed by atoms with Crippen LogP contribution in [0.3, 0.4) is 0 Å². The van der Waals surface area contributed by atoms with Crippen molar-refractivity contribution in [2.45, 2.75) is 19.4 Å². The van der Waals surface area contributed by atoms with Gasteiger partial charge in [-0.2, -0.15) is 5.26 Å². The molecule has 2 nitrogen and oxygen atoms in total. The third kappa shape index (κ3) is 2.30. The van der Waals surface area contributed by atoms with Gasteiger partial charge in [-0.3, -0.25) is 0 Å². The van der Waals surface area contributed by atoms with E-state index >= 15 is 0 Å². The molecule has 0 amide bonds. The maximum Gasteiger partial charge on any atom is 0.0948 e. The van der Waals surface area contributed by atoms with Crippen molar-refractivity contribution in [3.05, 3.63) is 35.9 Å². The lowest BCUT2D eigenvalue weighted by Gasteiger charge is -2.14. The van der Waals surface area contributed by atoms with Gasteiger partial charge in [0.25, 0.3) is 0 Å². The first-order chi connectivity index (χ1) is 6.29. The van der Waals surface area contributed by atoms with E-state index in [1.165, 1.54) is 0 Å². The lowest BCUT2D eigenvalue weighted by atomic mass is 9.95. The largest absolute Gasteiger partial charge is 0.387 e. The SMILES string of the molecule is CC[C@H](C#N)[C@H](O)c1ccccc1. The predicted molar refractivity (Wildman–Crippen MR) is 50.8 cm³/mol. The van der Waals surface area contributed by atoms with E-state index in [0.29, 0.717) is 6.42 Å². The van der Waals surface area contributed by atoms with E-state index in [-0.39, 0.29) is 5.92 Å². The predicted octanol–water partition coefficient (Wildman–Crippen LogP) is 2.27. The normalized spacial score (nSPS) is 14.5. The first-order valence-corrected chi connectivity index (χ1v) is 4.42. The molecule has 0 aliphatic rings. The molecule has 2 heteroatoms. The van der Waals surface area contributed by atoms with Gasteiger partial charge in [-0.05, 0) is 12.0 Å². The zero-order valence-corrected chi connectivity index (χ0v) is 7.64. The molecular formula is C11H13NO. The number of aliphatic hydroxyl groups is 1. The van der Waals surface area contributed by atoms with Crippen LogP contribution in [0.2, 0.25) is 0 Å². The molecule has 13 heavy (non-hydrogen) atoms. The van der Waals surface area contributed by atoms with E-state index in [1.807, 2.05) is 37.3 Å². The second kappa shape index (κ2) is 4.64.